The van der Waals surface area contributed by atoms with Crippen LogP contribution in [0.25, 0.3) is 0 Å². The highest BCUT2D eigenvalue weighted by Crippen LogP contribution is 2.07. The first-order valence-corrected chi connectivity index (χ1v) is 9.63. The lowest BCUT2D eigenvalue weighted by Crippen LogP contribution is -2.39. The summed E-state index contributed by atoms with van der Waals surface area (Å²) in [6.45, 7) is 8.06. The van der Waals surface area contributed by atoms with Gasteiger partial charge in [0.1, 0.15) is 0 Å². The maximum atomic E-state index is 12.1. The van der Waals surface area contributed by atoms with Crippen molar-refractivity contribution >= 4 is 11.9 Å². The second-order valence-electron chi connectivity index (χ2n) is 6.26. The second kappa shape index (κ2) is 15.8. The van der Waals surface area contributed by atoms with Gasteiger partial charge in [0, 0.05) is 13.1 Å². The largest absolute Gasteiger partial charge is 0.459 e. The van der Waals surface area contributed by atoms with Crippen molar-refractivity contribution < 1.29 is 14.3 Å². The molecule has 0 heterocycles. The number of carbonyl (C=O) groups excluding carboxylic acids is 2. The topological polar surface area (TPSA) is 46.6 Å². The maximum absolute atomic E-state index is 12.1. The van der Waals surface area contributed by atoms with Gasteiger partial charge in [0.15, 0.2) is 0 Å². The molecule has 0 aromatic rings. The molecule has 0 saturated heterocycles. The Balaban J connectivity index is 3.89. The van der Waals surface area contributed by atoms with Crippen molar-refractivity contribution in [2.24, 2.45) is 0 Å². The number of esters is 1. The number of unbranched alkanes of at least 4 members (excludes halogenated alkanes) is 8. The minimum atomic E-state index is -0.678. The smallest absolute Gasteiger partial charge is 0.397 e. The first kappa shape index (κ1) is 21.9. The van der Waals surface area contributed by atoms with Gasteiger partial charge in [0.2, 0.25) is 0 Å². The SMILES string of the molecule is CCCCCCCCCOC(=O)C(=O)N(CCCC)CCCC. The third-order valence-corrected chi connectivity index (χ3v) is 4.01. The summed E-state index contributed by atoms with van der Waals surface area (Å²) in [5.74, 6) is -1.14. The molecule has 23 heavy (non-hydrogen) atoms. The van der Waals surface area contributed by atoms with Crippen LogP contribution in [-0.4, -0.2) is 36.5 Å². The zero-order valence-electron chi connectivity index (χ0n) is 15.6. The molecular formula is C19H37NO3. The van der Waals surface area contributed by atoms with E-state index in [4.69, 9.17) is 4.74 Å². The molecule has 0 N–H and O–H groups in total. The number of nitrogens with zero attached hydrogens (tertiary/aromatic N) is 1. The maximum Gasteiger partial charge on any atom is 0.397 e. The molecule has 4 heteroatoms. The average Bonchev–Trinajstić information content (AvgIpc) is 2.56. The Kier molecular flexibility index (Phi) is 15.1. The molecule has 0 fully saturated rings. The highest BCUT2D eigenvalue weighted by Gasteiger charge is 2.22. The lowest BCUT2D eigenvalue weighted by Gasteiger charge is -2.21. The predicted octanol–water partition coefficient (Wildman–Crippen LogP) is 4.71. The van der Waals surface area contributed by atoms with E-state index in [2.05, 4.69) is 20.8 Å². The third-order valence-electron chi connectivity index (χ3n) is 4.01. The molecule has 0 unspecified atom stereocenters. The summed E-state index contributed by atoms with van der Waals surface area (Å²) in [5, 5.41) is 0. The van der Waals surface area contributed by atoms with E-state index in [0.717, 1.165) is 38.5 Å². The molecule has 4 nitrogen and oxygen atoms in total. The standard InChI is InChI=1S/C19H37NO3/c1-4-7-10-11-12-13-14-17-23-19(22)18(21)20(15-8-5-2)16-9-6-3/h4-17H2,1-3H3. The minimum Gasteiger partial charge on any atom is -0.459 e. The fraction of sp³-hybridized carbons (Fsp3) is 0.895. The highest BCUT2D eigenvalue weighted by molar-refractivity contribution is 6.32. The van der Waals surface area contributed by atoms with Gasteiger partial charge < -0.3 is 9.64 Å². The zero-order chi connectivity index (χ0) is 17.3. The molecule has 1 amide bonds. The predicted molar refractivity (Wildman–Crippen MR) is 95.3 cm³/mol. The highest BCUT2D eigenvalue weighted by atomic mass is 16.5. The zero-order valence-corrected chi connectivity index (χ0v) is 15.6. The van der Waals surface area contributed by atoms with E-state index in [1.807, 2.05) is 0 Å². The first-order valence-electron chi connectivity index (χ1n) is 9.63. The van der Waals surface area contributed by atoms with Crippen molar-refractivity contribution in [1.82, 2.24) is 4.90 Å². The van der Waals surface area contributed by atoms with Crippen molar-refractivity contribution in [2.45, 2.75) is 91.4 Å². The number of hydrogen-bond donors (Lipinski definition) is 0. The Hall–Kier alpha value is -1.06. The third kappa shape index (κ3) is 12.1. The molecule has 0 saturated carbocycles. The fourth-order valence-electron chi connectivity index (χ4n) is 2.43. The van der Waals surface area contributed by atoms with Crippen LogP contribution in [0, 0.1) is 0 Å². The Morgan fingerprint density at radius 2 is 1.17 bits per heavy atom. The molecule has 0 bridgehead atoms. The molecule has 0 atom stereocenters. The summed E-state index contributed by atoms with van der Waals surface area (Å²) >= 11 is 0. The quantitative estimate of drug-likeness (QED) is 0.264. The number of ether oxygens (including phenoxy) is 1. The summed E-state index contributed by atoms with van der Waals surface area (Å²) < 4.78 is 5.14. The summed E-state index contributed by atoms with van der Waals surface area (Å²) in [6.07, 6.45) is 12.1. The lowest BCUT2D eigenvalue weighted by molar-refractivity contribution is -0.160. The van der Waals surface area contributed by atoms with Crippen LogP contribution < -0.4 is 0 Å². The van der Waals surface area contributed by atoms with Crippen LogP contribution in [0.1, 0.15) is 91.4 Å². The molecule has 0 radical (unpaired) electrons. The molecule has 0 aliphatic rings. The van der Waals surface area contributed by atoms with E-state index in [1.54, 1.807) is 4.90 Å². The lowest BCUT2D eigenvalue weighted by atomic mass is 10.1. The van der Waals surface area contributed by atoms with Crippen LogP contribution in [0.15, 0.2) is 0 Å². The molecule has 0 aromatic carbocycles. The number of rotatable bonds is 14. The molecule has 0 aromatic heterocycles. The summed E-state index contributed by atoms with van der Waals surface area (Å²) in [4.78, 5) is 25.7. The van der Waals surface area contributed by atoms with E-state index < -0.39 is 11.9 Å². The van der Waals surface area contributed by atoms with Crippen molar-refractivity contribution in [3.63, 3.8) is 0 Å². The number of hydrogen-bond acceptors (Lipinski definition) is 3. The molecule has 0 aliphatic heterocycles. The Morgan fingerprint density at radius 3 is 1.70 bits per heavy atom. The van der Waals surface area contributed by atoms with Gasteiger partial charge in [0.25, 0.3) is 0 Å². The van der Waals surface area contributed by atoms with Gasteiger partial charge in [-0.25, -0.2) is 4.79 Å². The van der Waals surface area contributed by atoms with Crippen molar-refractivity contribution in [2.75, 3.05) is 19.7 Å². The van der Waals surface area contributed by atoms with Crippen molar-refractivity contribution in [3.8, 4) is 0 Å². The van der Waals surface area contributed by atoms with Gasteiger partial charge in [-0.2, -0.15) is 0 Å². The van der Waals surface area contributed by atoms with Crippen LogP contribution in [-0.2, 0) is 14.3 Å². The van der Waals surface area contributed by atoms with Gasteiger partial charge in [-0.15, -0.1) is 0 Å². The Bertz CT molecular complexity index is 297. The van der Waals surface area contributed by atoms with Gasteiger partial charge in [-0.1, -0.05) is 72.1 Å². The van der Waals surface area contributed by atoms with E-state index in [9.17, 15) is 9.59 Å². The fourth-order valence-corrected chi connectivity index (χ4v) is 2.43. The van der Waals surface area contributed by atoms with Gasteiger partial charge >= 0.3 is 11.9 Å². The average molecular weight is 328 g/mol. The van der Waals surface area contributed by atoms with Crippen LogP contribution in [0.4, 0.5) is 0 Å². The second-order valence-corrected chi connectivity index (χ2v) is 6.26. The normalized spacial score (nSPS) is 10.6. The van der Waals surface area contributed by atoms with Crippen molar-refractivity contribution in [3.05, 3.63) is 0 Å². The Morgan fingerprint density at radius 1 is 0.696 bits per heavy atom. The summed E-state index contributed by atoms with van der Waals surface area (Å²) in [7, 11) is 0. The first-order chi connectivity index (χ1) is 11.2. The molecular weight excluding hydrogens is 290 g/mol. The van der Waals surface area contributed by atoms with E-state index in [-0.39, 0.29) is 0 Å². The van der Waals surface area contributed by atoms with Crippen LogP contribution in [0.5, 0.6) is 0 Å². The molecule has 0 spiro atoms. The van der Waals surface area contributed by atoms with Crippen LogP contribution >= 0.6 is 0 Å². The minimum absolute atomic E-state index is 0.369. The van der Waals surface area contributed by atoms with Crippen molar-refractivity contribution in [1.29, 1.82) is 0 Å². The summed E-state index contributed by atoms with van der Waals surface area (Å²) in [6, 6.07) is 0. The number of carbonyl (C=O) groups is 2. The Labute approximate surface area is 143 Å². The van der Waals surface area contributed by atoms with Gasteiger partial charge in [-0.3, -0.25) is 4.79 Å². The van der Waals surface area contributed by atoms with Crippen LogP contribution in [0.3, 0.4) is 0 Å². The monoisotopic (exact) mass is 327 g/mol. The van der Waals surface area contributed by atoms with E-state index >= 15 is 0 Å². The summed E-state index contributed by atoms with van der Waals surface area (Å²) in [5.41, 5.74) is 0. The van der Waals surface area contributed by atoms with E-state index in [1.165, 1.54) is 32.1 Å². The molecule has 136 valence electrons. The van der Waals surface area contributed by atoms with Gasteiger partial charge in [-0.05, 0) is 19.3 Å². The molecule has 0 aliphatic carbocycles. The number of amides is 1. The molecule has 0 rings (SSSR count). The van der Waals surface area contributed by atoms with Gasteiger partial charge in [0.05, 0.1) is 6.61 Å². The van der Waals surface area contributed by atoms with Crippen LogP contribution in [0.2, 0.25) is 0 Å². The van der Waals surface area contributed by atoms with E-state index in [0.29, 0.717) is 19.7 Å².